The lowest BCUT2D eigenvalue weighted by Crippen LogP contribution is -2.14. The summed E-state index contributed by atoms with van der Waals surface area (Å²) in [5.41, 5.74) is 3.53. The first-order valence-corrected chi connectivity index (χ1v) is 11.3. The fourth-order valence-electron chi connectivity index (χ4n) is 2.68. The summed E-state index contributed by atoms with van der Waals surface area (Å²) in [5, 5.41) is 12.2. The van der Waals surface area contributed by atoms with E-state index in [0.29, 0.717) is 12.3 Å². The fourth-order valence-corrected chi connectivity index (χ4v) is 3.74. The summed E-state index contributed by atoms with van der Waals surface area (Å²) in [6.45, 7) is 2.38. The van der Waals surface area contributed by atoms with Crippen molar-refractivity contribution in [1.29, 1.82) is 5.26 Å². The smallest absolute Gasteiger partial charge is 0.266 e. The Morgan fingerprint density at radius 3 is 2.50 bits per heavy atom. The molecule has 0 radical (unpaired) electrons. The number of nitrogens with zero attached hydrogens (tertiary/aromatic N) is 1. The number of hydrogen-bond acceptors (Lipinski definition) is 3. The highest BCUT2D eigenvalue weighted by molar-refractivity contribution is 14.1. The molecule has 0 atom stereocenters. The maximum atomic E-state index is 12.5. The molecule has 150 valence electrons. The maximum absolute atomic E-state index is 12.5. The van der Waals surface area contributed by atoms with Gasteiger partial charge in [-0.3, -0.25) is 4.79 Å². The van der Waals surface area contributed by atoms with E-state index in [1.807, 2.05) is 79.7 Å². The summed E-state index contributed by atoms with van der Waals surface area (Å²) in [6.07, 6.45) is 1.58. The quantitative estimate of drug-likeness (QED) is 0.199. The molecule has 6 heteroatoms. The topological polar surface area (TPSA) is 62.1 Å². The van der Waals surface area contributed by atoms with E-state index in [4.69, 9.17) is 4.74 Å². The van der Waals surface area contributed by atoms with E-state index in [-0.39, 0.29) is 5.57 Å². The van der Waals surface area contributed by atoms with Crippen molar-refractivity contribution >= 4 is 62.9 Å². The van der Waals surface area contributed by atoms with Gasteiger partial charge in [0.1, 0.15) is 24.0 Å². The van der Waals surface area contributed by atoms with Crippen LogP contribution in [0.3, 0.4) is 0 Å². The van der Waals surface area contributed by atoms with Gasteiger partial charge in [-0.25, -0.2) is 0 Å². The molecule has 0 aliphatic carbocycles. The van der Waals surface area contributed by atoms with Gasteiger partial charge in [0.2, 0.25) is 0 Å². The highest BCUT2D eigenvalue weighted by atomic mass is 127. The zero-order valence-corrected chi connectivity index (χ0v) is 20.5. The zero-order chi connectivity index (χ0) is 21.5. The first kappa shape index (κ1) is 22.3. The van der Waals surface area contributed by atoms with Crippen LogP contribution in [0.5, 0.6) is 5.75 Å². The monoisotopic (exact) mass is 620 g/mol. The van der Waals surface area contributed by atoms with Gasteiger partial charge in [0.05, 0.1) is 3.57 Å². The predicted molar refractivity (Wildman–Crippen MR) is 136 cm³/mol. The number of amides is 1. The normalized spacial score (nSPS) is 10.9. The van der Waals surface area contributed by atoms with Gasteiger partial charge in [-0.15, -0.1) is 0 Å². The number of rotatable bonds is 6. The van der Waals surface area contributed by atoms with Crippen molar-refractivity contribution in [2.45, 2.75) is 13.5 Å². The average molecular weight is 620 g/mol. The molecule has 30 heavy (non-hydrogen) atoms. The van der Waals surface area contributed by atoms with Crippen LogP contribution < -0.4 is 10.1 Å². The Morgan fingerprint density at radius 2 is 1.83 bits per heavy atom. The molecule has 0 bridgehead atoms. The predicted octanol–water partition coefficient (Wildman–Crippen LogP) is 6.33. The number of benzene rings is 3. The van der Waals surface area contributed by atoms with Gasteiger partial charge in [0.15, 0.2) is 0 Å². The number of nitrogens with one attached hydrogen (secondary N) is 1. The van der Waals surface area contributed by atoms with Crippen LogP contribution in [0.15, 0.2) is 72.3 Å². The van der Waals surface area contributed by atoms with Gasteiger partial charge in [0.25, 0.3) is 5.91 Å². The van der Waals surface area contributed by atoms with Crippen LogP contribution in [0.1, 0.15) is 16.7 Å². The second-order valence-corrected chi connectivity index (χ2v) is 8.95. The number of aryl methyl sites for hydroxylation is 1. The Balaban J connectivity index is 1.71. The highest BCUT2D eigenvalue weighted by Crippen LogP contribution is 2.25. The van der Waals surface area contributed by atoms with E-state index in [9.17, 15) is 10.1 Å². The third kappa shape index (κ3) is 6.06. The van der Waals surface area contributed by atoms with Crippen molar-refractivity contribution in [3.8, 4) is 11.8 Å². The lowest BCUT2D eigenvalue weighted by atomic mass is 10.1. The number of halogens is 2. The molecule has 0 aliphatic heterocycles. The molecule has 0 spiro atoms. The van der Waals surface area contributed by atoms with Crippen LogP contribution in [-0.4, -0.2) is 5.91 Å². The minimum absolute atomic E-state index is 0.0432. The average Bonchev–Trinajstić information content (AvgIpc) is 2.74. The summed E-state index contributed by atoms with van der Waals surface area (Å²) in [4.78, 5) is 12.5. The summed E-state index contributed by atoms with van der Waals surface area (Å²) < 4.78 is 8.00. The molecule has 0 fully saturated rings. The number of carbonyl (C=O) groups excluding carboxylic acids is 1. The third-order valence-corrected chi connectivity index (χ3v) is 5.90. The standard InChI is InChI=1S/C24H18I2N2O2/c1-16-4-2-3-5-22(16)28-24(29)19(14-27)12-18-8-11-23(21(26)13-18)30-15-17-6-9-20(25)10-7-17/h2-13H,15H2,1H3,(H,28,29)/b19-12-. The van der Waals surface area contributed by atoms with Gasteiger partial charge in [0, 0.05) is 9.26 Å². The molecule has 0 aliphatic rings. The van der Waals surface area contributed by atoms with Crippen molar-refractivity contribution in [2.75, 3.05) is 5.32 Å². The lowest BCUT2D eigenvalue weighted by Gasteiger charge is -2.10. The molecule has 0 aromatic heterocycles. The zero-order valence-electron chi connectivity index (χ0n) is 16.2. The van der Waals surface area contributed by atoms with Crippen molar-refractivity contribution < 1.29 is 9.53 Å². The largest absolute Gasteiger partial charge is 0.488 e. The number of carbonyl (C=O) groups is 1. The van der Waals surface area contributed by atoms with Gasteiger partial charge < -0.3 is 10.1 Å². The van der Waals surface area contributed by atoms with E-state index in [1.165, 1.54) is 3.57 Å². The van der Waals surface area contributed by atoms with E-state index >= 15 is 0 Å². The molecular weight excluding hydrogens is 602 g/mol. The maximum Gasteiger partial charge on any atom is 0.266 e. The van der Waals surface area contributed by atoms with E-state index < -0.39 is 5.91 Å². The van der Waals surface area contributed by atoms with E-state index in [2.05, 4.69) is 50.5 Å². The second-order valence-electron chi connectivity index (χ2n) is 6.54. The Bertz CT molecular complexity index is 1130. The van der Waals surface area contributed by atoms with Crippen LogP contribution in [-0.2, 0) is 11.4 Å². The molecule has 4 nitrogen and oxygen atoms in total. The molecule has 0 saturated heterocycles. The van der Waals surface area contributed by atoms with Crippen LogP contribution in [0.25, 0.3) is 6.08 Å². The van der Waals surface area contributed by atoms with Crippen LogP contribution in [0, 0.1) is 25.4 Å². The molecule has 0 saturated carbocycles. The number of para-hydroxylation sites is 1. The first-order valence-electron chi connectivity index (χ1n) is 9.12. The Labute approximate surface area is 203 Å². The lowest BCUT2D eigenvalue weighted by molar-refractivity contribution is -0.112. The molecule has 3 aromatic rings. The number of ether oxygens (including phenoxy) is 1. The van der Waals surface area contributed by atoms with Crippen molar-refractivity contribution in [2.24, 2.45) is 0 Å². The molecule has 0 unspecified atom stereocenters. The van der Waals surface area contributed by atoms with E-state index in [1.54, 1.807) is 6.08 Å². The van der Waals surface area contributed by atoms with Gasteiger partial charge in [-0.2, -0.15) is 5.26 Å². The SMILES string of the molecule is Cc1ccccc1NC(=O)/C(C#N)=C\c1ccc(OCc2ccc(I)cc2)c(I)c1. The second kappa shape index (κ2) is 10.6. The van der Waals surface area contributed by atoms with Crippen molar-refractivity contribution in [3.63, 3.8) is 0 Å². The Hall–Kier alpha value is -2.38. The minimum atomic E-state index is -0.430. The summed E-state index contributed by atoms with van der Waals surface area (Å²) >= 11 is 4.47. The van der Waals surface area contributed by atoms with Gasteiger partial charge in [-0.1, -0.05) is 36.4 Å². The van der Waals surface area contributed by atoms with Crippen LogP contribution in [0.4, 0.5) is 5.69 Å². The number of hydrogen-bond donors (Lipinski definition) is 1. The van der Waals surface area contributed by atoms with E-state index in [0.717, 1.165) is 26.0 Å². The summed E-state index contributed by atoms with van der Waals surface area (Å²) in [5.74, 6) is 0.329. The first-order chi connectivity index (χ1) is 14.5. The number of nitriles is 1. The minimum Gasteiger partial charge on any atom is -0.488 e. The summed E-state index contributed by atoms with van der Waals surface area (Å²) in [6, 6.07) is 23.2. The van der Waals surface area contributed by atoms with Crippen LogP contribution >= 0.6 is 45.2 Å². The van der Waals surface area contributed by atoms with Crippen molar-refractivity contribution in [3.05, 3.63) is 96.1 Å². The Kier molecular flexibility index (Phi) is 7.87. The Morgan fingerprint density at radius 1 is 1.10 bits per heavy atom. The third-order valence-electron chi connectivity index (χ3n) is 4.33. The van der Waals surface area contributed by atoms with Crippen molar-refractivity contribution in [1.82, 2.24) is 0 Å². The molecular formula is C24H18I2N2O2. The van der Waals surface area contributed by atoms with Gasteiger partial charge in [-0.05, 0) is 105 Å². The summed E-state index contributed by atoms with van der Waals surface area (Å²) in [7, 11) is 0. The molecule has 1 N–H and O–H groups in total. The molecule has 3 rings (SSSR count). The fraction of sp³-hybridized carbons (Fsp3) is 0.0833. The molecule has 3 aromatic carbocycles. The molecule has 0 heterocycles. The van der Waals surface area contributed by atoms with Crippen LogP contribution in [0.2, 0.25) is 0 Å². The number of anilines is 1. The highest BCUT2D eigenvalue weighted by Gasteiger charge is 2.11. The molecule has 1 amide bonds. The van der Waals surface area contributed by atoms with Gasteiger partial charge >= 0.3 is 0 Å².